The lowest BCUT2D eigenvalue weighted by Crippen LogP contribution is -2.37. The molecule has 0 amide bonds. The van der Waals surface area contributed by atoms with Crippen molar-refractivity contribution in [3.8, 4) is 5.75 Å². The molecule has 0 spiro atoms. The lowest BCUT2D eigenvalue weighted by Gasteiger charge is -2.29. The second-order valence-corrected chi connectivity index (χ2v) is 5.28. The summed E-state index contributed by atoms with van der Waals surface area (Å²) < 4.78 is 12.6. The normalized spacial score (nSPS) is 31.4. The van der Waals surface area contributed by atoms with Crippen molar-refractivity contribution < 1.29 is 9.47 Å². The van der Waals surface area contributed by atoms with Crippen LogP contribution in [0.5, 0.6) is 5.75 Å². The Morgan fingerprint density at radius 3 is 2.93 bits per heavy atom. The SMILES string of the molecule is CC1(C)Oc2cc(Br)ccc2C2OC21. The predicted molar refractivity (Wildman–Crippen MR) is 56.5 cm³/mol. The molecule has 2 heterocycles. The highest BCUT2D eigenvalue weighted by Crippen LogP contribution is 2.53. The molecule has 3 heteroatoms. The second-order valence-electron chi connectivity index (χ2n) is 4.36. The van der Waals surface area contributed by atoms with Gasteiger partial charge in [-0.15, -0.1) is 0 Å². The van der Waals surface area contributed by atoms with Crippen LogP contribution < -0.4 is 4.74 Å². The van der Waals surface area contributed by atoms with Crippen LogP contribution in [0.1, 0.15) is 25.5 Å². The number of hydrogen-bond donors (Lipinski definition) is 0. The molecule has 2 nitrogen and oxygen atoms in total. The van der Waals surface area contributed by atoms with Crippen LogP contribution in [0.25, 0.3) is 0 Å². The van der Waals surface area contributed by atoms with Gasteiger partial charge in [0, 0.05) is 10.0 Å². The summed E-state index contributed by atoms with van der Waals surface area (Å²) in [4.78, 5) is 0. The van der Waals surface area contributed by atoms with Gasteiger partial charge >= 0.3 is 0 Å². The van der Waals surface area contributed by atoms with E-state index in [1.807, 2.05) is 12.1 Å². The van der Waals surface area contributed by atoms with Gasteiger partial charge < -0.3 is 9.47 Å². The maximum Gasteiger partial charge on any atom is 0.132 e. The Bertz CT molecular complexity index is 400. The number of halogens is 1. The summed E-state index contributed by atoms with van der Waals surface area (Å²) in [5.41, 5.74) is 0.982. The van der Waals surface area contributed by atoms with Crippen molar-refractivity contribution in [1.82, 2.24) is 0 Å². The van der Waals surface area contributed by atoms with E-state index in [4.69, 9.17) is 9.47 Å². The minimum Gasteiger partial charge on any atom is -0.485 e. The molecular weight excluding hydrogens is 244 g/mol. The Hall–Kier alpha value is -0.540. The highest BCUT2D eigenvalue weighted by Gasteiger charge is 2.56. The molecule has 3 rings (SSSR count). The van der Waals surface area contributed by atoms with Gasteiger partial charge in [0.05, 0.1) is 0 Å². The van der Waals surface area contributed by atoms with Crippen LogP contribution in [0.2, 0.25) is 0 Å². The number of rotatable bonds is 0. The Labute approximate surface area is 91.3 Å². The minimum atomic E-state index is -0.196. The molecule has 14 heavy (non-hydrogen) atoms. The Morgan fingerprint density at radius 1 is 1.36 bits per heavy atom. The topological polar surface area (TPSA) is 21.8 Å². The molecule has 0 aromatic heterocycles. The van der Waals surface area contributed by atoms with Gasteiger partial charge in [0.25, 0.3) is 0 Å². The number of hydrogen-bond acceptors (Lipinski definition) is 2. The highest BCUT2D eigenvalue weighted by molar-refractivity contribution is 9.10. The zero-order valence-electron chi connectivity index (χ0n) is 8.08. The molecule has 2 aliphatic heterocycles. The first kappa shape index (κ1) is 8.74. The summed E-state index contributed by atoms with van der Waals surface area (Å²) in [6.07, 6.45) is 0.484. The van der Waals surface area contributed by atoms with Crippen LogP contribution in [0, 0.1) is 0 Å². The van der Waals surface area contributed by atoms with E-state index < -0.39 is 0 Å². The number of epoxide rings is 1. The largest absolute Gasteiger partial charge is 0.485 e. The van der Waals surface area contributed by atoms with Crippen molar-refractivity contribution in [2.45, 2.75) is 31.7 Å². The average Bonchev–Trinajstić information content (AvgIpc) is 2.82. The molecule has 0 saturated carbocycles. The van der Waals surface area contributed by atoms with Crippen LogP contribution in [0.15, 0.2) is 22.7 Å². The highest BCUT2D eigenvalue weighted by atomic mass is 79.9. The van der Waals surface area contributed by atoms with Crippen LogP contribution in [0.3, 0.4) is 0 Å². The van der Waals surface area contributed by atoms with Gasteiger partial charge in [-0.25, -0.2) is 0 Å². The Morgan fingerprint density at radius 2 is 2.14 bits per heavy atom. The fourth-order valence-corrected chi connectivity index (χ4v) is 2.39. The van der Waals surface area contributed by atoms with E-state index in [0.29, 0.717) is 0 Å². The van der Waals surface area contributed by atoms with Crippen LogP contribution >= 0.6 is 15.9 Å². The zero-order valence-corrected chi connectivity index (χ0v) is 9.67. The molecule has 1 aromatic rings. The van der Waals surface area contributed by atoms with Crippen molar-refractivity contribution in [3.05, 3.63) is 28.2 Å². The summed E-state index contributed by atoms with van der Waals surface area (Å²) in [5.74, 6) is 0.947. The van der Waals surface area contributed by atoms with E-state index in [-0.39, 0.29) is 17.8 Å². The van der Waals surface area contributed by atoms with Crippen molar-refractivity contribution in [1.29, 1.82) is 0 Å². The molecule has 1 aromatic carbocycles. The summed E-state index contributed by atoms with van der Waals surface area (Å²) in [6, 6.07) is 6.10. The van der Waals surface area contributed by atoms with Crippen molar-refractivity contribution in [3.63, 3.8) is 0 Å². The van der Waals surface area contributed by atoms with Gasteiger partial charge in [-0.2, -0.15) is 0 Å². The molecule has 2 atom stereocenters. The van der Waals surface area contributed by atoms with Gasteiger partial charge in [0.15, 0.2) is 0 Å². The Kier molecular flexibility index (Phi) is 1.58. The predicted octanol–water partition coefficient (Wildman–Crippen LogP) is 3.06. The average molecular weight is 255 g/mol. The van der Waals surface area contributed by atoms with Crippen LogP contribution in [0.4, 0.5) is 0 Å². The molecule has 2 aliphatic rings. The van der Waals surface area contributed by atoms with Gasteiger partial charge in [-0.1, -0.05) is 22.0 Å². The van der Waals surface area contributed by atoms with E-state index in [1.165, 1.54) is 5.56 Å². The van der Waals surface area contributed by atoms with Gasteiger partial charge in [-0.3, -0.25) is 0 Å². The van der Waals surface area contributed by atoms with E-state index >= 15 is 0 Å². The molecule has 1 saturated heterocycles. The summed E-state index contributed by atoms with van der Waals surface area (Å²) >= 11 is 3.44. The third-order valence-corrected chi connectivity index (χ3v) is 3.33. The van der Waals surface area contributed by atoms with E-state index in [2.05, 4.69) is 35.8 Å². The molecule has 0 aliphatic carbocycles. The minimum absolute atomic E-state index is 0.196. The first-order valence-corrected chi connectivity index (χ1v) is 5.51. The first-order valence-electron chi connectivity index (χ1n) is 4.72. The monoisotopic (exact) mass is 254 g/mol. The number of ether oxygens (including phenoxy) is 2. The smallest absolute Gasteiger partial charge is 0.132 e. The molecule has 1 fully saturated rings. The van der Waals surface area contributed by atoms with Crippen LogP contribution in [-0.2, 0) is 4.74 Å². The molecule has 0 N–H and O–H groups in total. The van der Waals surface area contributed by atoms with E-state index in [1.54, 1.807) is 0 Å². The maximum absolute atomic E-state index is 5.90. The lowest BCUT2D eigenvalue weighted by atomic mass is 9.94. The molecule has 2 unspecified atom stereocenters. The lowest BCUT2D eigenvalue weighted by molar-refractivity contribution is 0.0725. The maximum atomic E-state index is 5.90. The van der Waals surface area contributed by atoms with E-state index in [0.717, 1.165) is 10.2 Å². The fourth-order valence-electron chi connectivity index (χ4n) is 2.05. The third kappa shape index (κ3) is 1.12. The van der Waals surface area contributed by atoms with Crippen molar-refractivity contribution >= 4 is 15.9 Å². The van der Waals surface area contributed by atoms with Crippen molar-refractivity contribution in [2.75, 3.05) is 0 Å². The zero-order chi connectivity index (χ0) is 9.92. The quantitative estimate of drug-likeness (QED) is 0.664. The molecule has 0 bridgehead atoms. The first-order chi connectivity index (χ1) is 6.58. The third-order valence-electron chi connectivity index (χ3n) is 2.83. The molecule has 74 valence electrons. The number of fused-ring (bicyclic) bond motifs is 3. The summed E-state index contributed by atoms with van der Waals surface area (Å²) in [5, 5.41) is 0. The van der Waals surface area contributed by atoms with Crippen LogP contribution in [-0.4, -0.2) is 11.7 Å². The van der Waals surface area contributed by atoms with Crippen molar-refractivity contribution in [2.24, 2.45) is 0 Å². The van der Waals surface area contributed by atoms with E-state index in [9.17, 15) is 0 Å². The van der Waals surface area contributed by atoms with Gasteiger partial charge in [-0.05, 0) is 26.0 Å². The second kappa shape index (κ2) is 2.52. The molecule has 0 radical (unpaired) electrons. The summed E-state index contributed by atoms with van der Waals surface area (Å²) in [7, 11) is 0. The molecular formula is C11H11BrO2. The summed E-state index contributed by atoms with van der Waals surface area (Å²) in [6.45, 7) is 4.14. The Balaban J connectivity index is 2.11. The number of benzene rings is 1. The fraction of sp³-hybridized carbons (Fsp3) is 0.455. The standard InChI is InChI=1S/C11H11BrO2/c1-11(2)10-9(13-10)7-4-3-6(12)5-8(7)14-11/h3-5,9-10H,1-2H3. The van der Waals surface area contributed by atoms with Gasteiger partial charge in [0.2, 0.25) is 0 Å². The van der Waals surface area contributed by atoms with Gasteiger partial charge in [0.1, 0.15) is 23.6 Å².